The van der Waals surface area contributed by atoms with Crippen LogP contribution in [0.15, 0.2) is 16.6 Å². The summed E-state index contributed by atoms with van der Waals surface area (Å²) in [7, 11) is 0. The SMILES string of the molecule is O=C(CBr)c1cc2c(cc1Br)OCCCO2. The van der Waals surface area contributed by atoms with Gasteiger partial charge in [-0.3, -0.25) is 4.79 Å². The van der Waals surface area contributed by atoms with E-state index in [1.165, 1.54) is 0 Å². The molecule has 1 heterocycles. The number of Topliss-reactive ketones (excluding diaryl/α,β-unsaturated/α-hetero) is 1. The minimum Gasteiger partial charge on any atom is -0.490 e. The molecule has 0 N–H and O–H groups in total. The van der Waals surface area contributed by atoms with Crippen molar-refractivity contribution in [3.05, 3.63) is 22.2 Å². The van der Waals surface area contributed by atoms with Crippen molar-refractivity contribution in [1.29, 1.82) is 0 Å². The number of halogens is 2. The van der Waals surface area contributed by atoms with Crippen molar-refractivity contribution < 1.29 is 14.3 Å². The third kappa shape index (κ3) is 2.40. The summed E-state index contributed by atoms with van der Waals surface area (Å²) in [6.45, 7) is 1.27. The predicted molar refractivity (Wildman–Crippen MR) is 67.9 cm³/mol. The molecule has 1 aromatic carbocycles. The lowest BCUT2D eigenvalue weighted by Crippen LogP contribution is -2.02. The second-order valence-electron chi connectivity index (χ2n) is 3.39. The van der Waals surface area contributed by atoms with Gasteiger partial charge in [-0.15, -0.1) is 0 Å². The van der Waals surface area contributed by atoms with Crippen LogP contribution in [0.3, 0.4) is 0 Å². The van der Waals surface area contributed by atoms with Gasteiger partial charge in [0.1, 0.15) is 0 Å². The van der Waals surface area contributed by atoms with Gasteiger partial charge < -0.3 is 9.47 Å². The highest BCUT2D eigenvalue weighted by molar-refractivity contribution is 9.10. The van der Waals surface area contributed by atoms with E-state index < -0.39 is 0 Å². The molecule has 0 aliphatic carbocycles. The number of fused-ring (bicyclic) bond motifs is 1. The third-order valence-electron chi connectivity index (χ3n) is 2.26. The van der Waals surface area contributed by atoms with E-state index >= 15 is 0 Å². The first-order chi connectivity index (χ1) is 7.72. The van der Waals surface area contributed by atoms with Gasteiger partial charge in [-0.25, -0.2) is 0 Å². The number of benzene rings is 1. The minimum atomic E-state index is 0.0162. The second-order valence-corrected chi connectivity index (χ2v) is 4.80. The van der Waals surface area contributed by atoms with Gasteiger partial charge in [-0.2, -0.15) is 0 Å². The highest BCUT2D eigenvalue weighted by Crippen LogP contribution is 2.35. The van der Waals surface area contributed by atoms with Crippen molar-refractivity contribution in [3.8, 4) is 11.5 Å². The number of rotatable bonds is 2. The molecule has 2 rings (SSSR count). The first-order valence-electron chi connectivity index (χ1n) is 4.90. The van der Waals surface area contributed by atoms with Crippen molar-refractivity contribution in [3.63, 3.8) is 0 Å². The molecule has 0 unspecified atom stereocenters. The van der Waals surface area contributed by atoms with E-state index in [2.05, 4.69) is 31.9 Å². The Labute approximate surface area is 110 Å². The van der Waals surface area contributed by atoms with Crippen molar-refractivity contribution in [2.45, 2.75) is 6.42 Å². The summed E-state index contributed by atoms with van der Waals surface area (Å²) in [4.78, 5) is 11.6. The summed E-state index contributed by atoms with van der Waals surface area (Å²) in [6, 6.07) is 3.52. The quantitative estimate of drug-likeness (QED) is 0.607. The van der Waals surface area contributed by atoms with Crippen LogP contribution in [0.25, 0.3) is 0 Å². The van der Waals surface area contributed by atoms with Crippen molar-refractivity contribution >= 4 is 37.6 Å². The van der Waals surface area contributed by atoms with Crippen LogP contribution in [-0.2, 0) is 0 Å². The Bertz CT molecular complexity index is 418. The summed E-state index contributed by atoms with van der Waals surface area (Å²) in [6.07, 6.45) is 0.855. The van der Waals surface area contributed by atoms with Crippen molar-refractivity contribution in [2.75, 3.05) is 18.5 Å². The number of ether oxygens (including phenoxy) is 2. The molecule has 0 saturated carbocycles. The largest absolute Gasteiger partial charge is 0.490 e. The average molecular weight is 350 g/mol. The zero-order valence-electron chi connectivity index (χ0n) is 8.46. The summed E-state index contributed by atoms with van der Waals surface area (Å²) in [5, 5.41) is 0.297. The molecule has 1 aliphatic heterocycles. The monoisotopic (exact) mass is 348 g/mol. The highest BCUT2D eigenvalue weighted by Gasteiger charge is 2.17. The van der Waals surface area contributed by atoms with E-state index in [4.69, 9.17) is 9.47 Å². The Morgan fingerprint density at radius 2 is 1.88 bits per heavy atom. The second kappa shape index (κ2) is 5.19. The fourth-order valence-electron chi connectivity index (χ4n) is 1.47. The Balaban J connectivity index is 2.42. The molecular formula is C11H10Br2O3. The molecule has 5 heteroatoms. The topological polar surface area (TPSA) is 35.5 Å². The van der Waals surface area contributed by atoms with E-state index in [0.717, 1.165) is 10.9 Å². The molecule has 0 atom stereocenters. The number of alkyl halides is 1. The molecule has 16 heavy (non-hydrogen) atoms. The van der Waals surface area contributed by atoms with Gasteiger partial charge in [0.15, 0.2) is 17.3 Å². The lowest BCUT2D eigenvalue weighted by molar-refractivity contribution is 0.102. The number of carbonyl (C=O) groups is 1. The molecule has 1 aliphatic rings. The maximum absolute atomic E-state index is 11.6. The fraction of sp³-hybridized carbons (Fsp3) is 0.364. The van der Waals surface area contributed by atoms with Gasteiger partial charge in [-0.05, 0) is 28.1 Å². The minimum absolute atomic E-state index is 0.0162. The summed E-state index contributed by atoms with van der Waals surface area (Å²) in [5.74, 6) is 1.35. The number of carbonyl (C=O) groups excluding carboxylic acids is 1. The normalized spacial score (nSPS) is 14.4. The van der Waals surface area contributed by atoms with Crippen LogP contribution in [-0.4, -0.2) is 24.3 Å². The fourth-order valence-corrected chi connectivity index (χ4v) is 2.32. The van der Waals surface area contributed by atoms with Gasteiger partial charge in [0, 0.05) is 16.5 Å². The Morgan fingerprint density at radius 3 is 2.50 bits per heavy atom. The molecule has 0 bridgehead atoms. The Kier molecular flexibility index (Phi) is 3.86. The van der Waals surface area contributed by atoms with Crippen LogP contribution in [0.4, 0.5) is 0 Å². The highest BCUT2D eigenvalue weighted by atomic mass is 79.9. The van der Waals surface area contributed by atoms with Crippen LogP contribution in [0.2, 0.25) is 0 Å². The Morgan fingerprint density at radius 1 is 1.25 bits per heavy atom. The van der Waals surface area contributed by atoms with Crippen molar-refractivity contribution in [2.24, 2.45) is 0 Å². The van der Waals surface area contributed by atoms with Gasteiger partial charge in [-0.1, -0.05) is 15.9 Å². The summed E-state index contributed by atoms with van der Waals surface area (Å²) < 4.78 is 11.8. The Hall–Kier alpha value is -0.550. The molecule has 0 spiro atoms. The van der Waals surface area contributed by atoms with E-state index in [1.807, 2.05) is 0 Å². The van der Waals surface area contributed by atoms with E-state index in [0.29, 0.717) is 35.6 Å². The van der Waals surface area contributed by atoms with E-state index in [1.54, 1.807) is 12.1 Å². The van der Waals surface area contributed by atoms with Gasteiger partial charge in [0.2, 0.25) is 0 Å². The molecular weight excluding hydrogens is 340 g/mol. The molecule has 86 valence electrons. The maximum atomic E-state index is 11.6. The number of hydrogen-bond donors (Lipinski definition) is 0. The average Bonchev–Trinajstić information content (AvgIpc) is 2.51. The molecule has 0 amide bonds. The molecule has 0 fully saturated rings. The van der Waals surface area contributed by atoms with Crippen LogP contribution in [0.1, 0.15) is 16.8 Å². The molecule has 3 nitrogen and oxygen atoms in total. The third-order valence-corrected chi connectivity index (χ3v) is 3.42. The molecule has 0 radical (unpaired) electrons. The number of ketones is 1. The smallest absolute Gasteiger partial charge is 0.174 e. The van der Waals surface area contributed by atoms with Crippen LogP contribution >= 0.6 is 31.9 Å². The zero-order valence-corrected chi connectivity index (χ0v) is 11.6. The molecule has 0 aromatic heterocycles. The van der Waals surface area contributed by atoms with E-state index in [9.17, 15) is 4.79 Å². The first-order valence-corrected chi connectivity index (χ1v) is 6.82. The zero-order chi connectivity index (χ0) is 11.5. The van der Waals surface area contributed by atoms with Crippen LogP contribution < -0.4 is 9.47 Å². The maximum Gasteiger partial charge on any atom is 0.174 e. The first kappa shape index (κ1) is 11.9. The van der Waals surface area contributed by atoms with Gasteiger partial charge in [0.05, 0.1) is 18.5 Å². The van der Waals surface area contributed by atoms with Gasteiger partial charge >= 0.3 is 0 Å². The number of hydrogen-bond acceptors (Lipinski definition) is 3. The lowest BCUT2D eigenvalue weighted by atomic mass is 10.1. The van der Waals surface area contributed by atoms with E-state index in [-0.39, 0.29) is 5.78 Å². The lowest BCUT2D eigenvalue weighted by Gasteiger charge is -2.10. The van der Waals surface area contributed by atoms with Crippen LogP contribution in [0, 0.1) is 0 Å². The standard InChI is InChI=1S/C11H10Br2O3/c12-6-9(14)7-4-10-11(5-8(7)13)16-3-1-2-15-10/h4-5H,1-3,6H2. The van der Waals surface area contributed by atoms with Crippen molar-refractivity contribution in [1.82, 2.24) is 0 Å². The van der Waals surface area contributed by atoms with Crippen LogP contribution in [0.5, 0.6) is 11.5 Å². The predicted octanol–water partition coefficient (Wildman–Crippen LogP) is 3.19. The molecule has 1 aromatic rings. The summed E-state index contributed by atoms with van der Waals surface area (Å²) >= 11 is 6.52. The molecule has 0 saturated heterocycles. The summed E-state index contributed by atoms with van der Waals surface area (Å²) in [5.41, 5.74) is 0.612. The van der Waals surface area contributed by atoms with Gasteiger partial charge in [0.25, 0.3) is 0 Å².